The van der Waals surface area contributed by atoms with Crippen LogP contribution in [0.15, 0.2) is 45.6 Å². The molecule has 1 aliphatic heterocycles. The molecule has 29 heavy (non-hydrogen) atoms. The standard InChI is InChI=1S/C21H20O8/c1-9-20(26)14(25)8-16(28-9)18-13(24)7-17-19(21(18)27)12(23)6-15(29-17)10-2-4-11(22)5-3-10/h2-7,9,14,16,20,22,24-27H,8H2,1H3/t9-,14-,16-,20+/m1/s1. The summed E-state index contributed by atoms with van der Waals surface area (Å²) < 4.78 is 11.3. The van der Waals surface area contributed by atoms with Gasteiger partial charge in [-0.2, -0.15) is 0 Å². The van der Waals surface area contributed by atoms with E-state index in [2.05, 4.69) is 0 Å². The summed E-state index contributed by atoms with van der Waals surface area (Å²) in [5, 5.41) is 50.4. The van der Waals surface area contributed by atoms with Gasteiger partial charge in [0.05, 0.1) is 23.9 Å². The Morgan fingerprint density at radius 1 is 1.03 bits per heavy atom. The van der Waals surface area contributed by atoms with E-state index >= 15 is 0 Å². The van der Waals surface area contributed by atoms with E-state index in [-0.39, 0.29) is 40.2 Å². The summed E-state index contributed by atoms with van der Waals surface area (Å²) in [6, 6.07) is 8.44. The maximum atomic E-state index is 12.7. The third-order valence-corrected chi connectivity index (χ3v) is 5.19. The maximum absolute atomic E-state index is 12.7. The molecule has 8 nitrogen and oxygen atoms in total. The number of phenols is 3. The van der Waals surface area contributed by atoms with Crippen molar-refractivity contribution in [2.24, 2.45) is 0 Å². The molecule has 2 heterocycles. The highest BCUT2D eigenvalue weighted by molar-refractivity contribution is 5.88. The van der Waals surface area contributed by atoms with Crippen molar-refractivity contribution in [3.05, 3.63) is 52.2 Å². The van der Waals surface area contributed by atoms with Crippen LogP contribution in [0, 0.1) is 0 Å². The molecule has 0 aliphatic carbocycles. The lowest BCUT2D eigenvalue weighted by Gasteiger charge is -2.36. The van der Waals surface area contributed by atoms with Gasteiger partial charge in [-0.1, -0.05) is 0 Å². The first kappa shape index (κ1) is 19.3. The van der Waals surface area contributed by atoms with E-state index in [0.717, 1.165) is 0 Å². The number of fused-ring (bicyclic) bond motifs is 1. The number of aliphatic hydroxyl groups excluding tert-OH is 2. The molecule has 152 valence electrons. The quantitative estimate of drug-likeness (QED) is 0.441. The van der Waals surface area contributed by atoms with Gasteiger partial charge in [-0.15, -0.1) is 0 Å². The van der Waals surface area contributed by atoms with Crippen molar-refractivity contribution < 1.29 is 34.7 Å². The fourth-order valence-corrected chi connectivity index (χ4v) is 3.64. The van der Waals surface area contributed by atoms with Crippen LogP contribution >= 0.6 is 0 Å². The molecule has 5 N–H and O–H groups in total. The molecule has 4 atom stereocenters. The molecule has 8 heteroatoms. The van der Waals surface area contributed by atoms with Crippen molar-refractivity contribution in [3.63, 3.8) is 0 Å². The van der Waals surface area contributed by atoms with E-state index in [1.54, 1.807) is 19.1 Å². The first-order chi connectivity index (χ1) is 13.8. The largest absolute Gasteiger partial charge is 0.508 e. The first-order valence-corrected chi connectivity index (χ1v) is 9.10. The Bertz CT molecular complexity index is 1110. The van der Waals surface area contributed by atoms with Crippen LogP contribution in [0.25, 0.3) is 22.3 Å². The molecule has 3 aromatic rings. The molecule has 0 amide bonds. The number of hydrogen-bond acceptors (Lipinski definition) is 8. The Labute approximate surface area is 164 Å². The number of aliphatic hydroxyl groups is 2. The molecule has 0 spiro atoms. The van der Waals surface area contributed by atoms with Gasteiger partial charge in [-0.3, -0.25) is 4.79 Å². The van der Waals surface area contributed by atoms with Crippen LogP contribution in [0.5, 0.6) is 17.2 Å². The van der Waals surface area contributed by atoms with Crippen molar-refractivity contribution in [2.75, 3.05) is 0 Å². The highest BCUT2D eigenvalue weighted by atomic mass is 16.5. The molecule has 1 aliphatic rings. The van der Waals surface area contributed by atoms with Crippen LogP contribution in [0.3, 0.4) is 0 Å². The minimum absolute atomic E-state index is 0.0243. The number of phenolic OH excluding ortho intramolecular Hbond substituents is 3. The number of hydrogen-bond donors (Lipinski definition) is 5. The van der Waals surface area contributed by atoms with E-state index in [1.165, 1.54) is 24.3 Å². The fourth-order valence-electron chi connectivity index (χ4n) is 3.64. The van der Waals surface area contributed by atoms with Gasteiger partial charge in [0.1, 0.15) is 40.1 Å². The predicted octanol–water partition coefficient (Wildman–Crippen LogP) is 2.15. The predicted molar refractivity (Wildman–Crippen MR) is 103 cm³/mol. The minimum Gasteiger partial charge on any atom is -0.508 e. The second-order valence-electron chi connectivity index (χ2n) is 7.18. The zero-order valence-corrected chi connectivity index (χ0v) is 15.4. The molecule has 0 bridgehead atoms. The smallest absolute Gasteiger partial charge is 0.197 e. The van der Waals surface area contributed by atoms with Gasteiger partial charge in [0.2, 0.25) is 0 Å². The van der Waals surface area contributed by atoms with Gasteiger partial charge in [-0.05, 0) is 31.2 Å². The molecule has 2 aromatic carbocycles. The van der Waals surface area contributed by atoms with Crippen LogP contribution in [0.2, 0.25) is 0 Å². The van der Waals surface area contributed by atoms with Gasteiger partial charge in [0, 0.05) is 24.1 Å². The highest BCUT2D eigenvalue weighted by Gasteiger charge is 2.37. The molecule has 1 fully saturated rings. The Morgan fingerprint density at radius 2 is 1.72 bits per heavy atom. The third kappa shape index (κ3) is 3.31. The van der Waals surface area contributed by atoms with Crippen molar-refractivity contribution in [3.8, 4) is 28.6 Å². The lowest BCUT2D eigenvalue weighted by Crippen LogP contribution is -2.43. The Balaban J connectivity index is 1.84. The molecule has 4 rings (SSSR count). The van der Waals surface area contributed by atoms with E-state index in [0.29, 0.717) is 5.56 Å². The zero-order chi connectivity index (χ0) is 20.9. The summed E-state index contributed by atoms with van der Waals surface area (Å²) in [4.78, 5) is 12.7. The third-order valence-electron chi connectivity index (χ3n) is 5.19. The number of rotatable bonds is 2. The molecule has 1 saturated heterocycles. The van der Waals surface area contributed by atoms with Crippen molar-refractivity contribution in [1.82, 2.24) is 0 Å². The molecule has 1 aromatic heterocycles. The first-order valence-electron chi connectivity index (χ1n) is 9.10. The summed E-state index contributed by atoms with van der Waals surface area (Å²) in [7, 11) is 0. The SMILES string of the molecule is C[C@H]1O[C@@H](c2c(O)cc3oc(-c4ccc(O)cc4)cc(=O)c3c2O)C[C@@H](O)[C@H]1O. The molecular weight excluding hydrogens is 380 g/mol. The number of benzene rings is 2. The summed E-state index contributed by atoms with van der Waals surface area (Å²) in [5.74, 6) is -0.588. The monoisotopic (exact) mass is 400 g/mol. The number of ether oxygens (including phenoxy) is 1. The zero-order valence-electron chi connectivity index (χ0n) is 15.4. The van der Waals surface area contributed by atoms with Crippen LogP contribution in [-0.2, 0) is 4.74 Å². The summed E-state index contributed by atoms with van der Waals surface area (Å²) in [6.45, 7) is 1.56. The van der Waals surface area contributed by atoms with Gasteiger partial charge in [0.25, 0.3) is 0 Å². The lowest BCUT2D eigenvalue weighted by atomic mass is 9.92. The van der Waals surface area contributed by atoms with Crippen LogP contribution < -0.4 is 5.43 Å². The Kier molecular flexibility index (Phi) is 4.70. The second-order valence-corrected chi connectivity index (χ2v) is 7.18. The van der Waals surface area contributed by atoms with E-state index in [1.807, 2.05) is 0 Å². The van der Waals surface area contributed by atoms with Gasteiger partial charge in [-0.25, -0.2) is 0 Å². The van der Waals surface area contributed by atoms with Crippen molar-refractivity contribution in [2.45, 2.75) is 37.8 Å². The summed E-state index contributed by atoms with van der Waals surface area (Å²) in [6.07, 6.45) is -3.90. The van der Waals surface area contributed by atoms with Crippen LogP contribution in [0.1, 0.15) is 25.0 Å². The van der Waals surface area contributed by atoms with Gasteiger partial charge in [0.15, 0.2) is 5.43 Å². The van der Waals surface area contributed by atoms with Gasteiger partial charge < -0.3 is 34.7 Å². The van der Waals surface area contributed by atoms with Crippen LogP contribution in [0.4, 0.5) is 0 Å². The topological polar surface area (TPSA) is 141 Å². The molecule has 0 unspecified atom stereocenters. The van der Waals surface area contributed by atoms with Crippen LogP contribution in [-0.4, -0.2) is 43.8 Å². The minimum atomic E-state index is -1.11. The average Bonchev–Trinajstić information content (AvgIpc) is 2.65. The highest BCUT2D eigenvalue weighted by Crippen LogP contribution is 2.44. The van der Waals surface area contributed by atoms with E-state index < -0.39 is 35.6 Å². The lowest BCUT2D eigenvalue weighted by molar-refractivity contribution is -0.164. The Morgan fingerprint density at radius 3 is 2.38 bits per heavy atom. The summed E-state index contributed by atoms with van der Waals surface area (Å²) >= 11 is 0. The Hall–Kier alpha value is -3.07. The second kappa shape index (κ2) is 7.07. The molecule has 0 saturated carbocycles. The van der Waals surface area contributed by atoms with E-state index in [4.69, 9.17) is 9.15 Å². The maximum Gasteiger partial charge on any atom is 0.197 e. The molecule has 0 radical (unpaired) electrons. The molecular formula is C21H20O8. The average molecular weight is 400 g/mol. The van der Waals surface area contributed by atoms with Gasteiger partial charge >= 0.3 is 0 Å². The number of aromatic hydroxyl groups is 3. The van der Waals surface area contributed by atoms with E-state index in [9.17, 15) is 30.3 Å². The normalized spacial score (nSPS) is 24.7. The summed E-state index contributed by atoms with van der Waals surface area (Å²) in [5.41, 5.74) is -0.0623. The van der Waals surface area contributed by atoms with Crippen molar-refractivity contribution in [1.29, 1.82) is 0 Å². The van der Waals surface area contributed by atoms with Crippen molar-refractivity contribution >= 4 is 11.0 Å². The fraction of sp³-hybridized carbons (Fsp3) is 0.286.